The molecule has 10 rings (SSSR count). The van der Waals surface area contributed by atoms with E-state index in [0.717, 1.165) is 0 Å². The van der Waals surface area contributed by atoms with E-state index in [-0.39, 0.29) is 6.71 Å². The fourth-order valence-corrected chi connectivity index (χ4v) is 8.61. The number of rotatable bonds is 1. The Labute approximate surface area is 235 Å². The molecular weight excluding hydrogens is 503 g/mol. The van der Waals surface area contributed by atoms with Crippen LogP contribution in [-0.4, -0.2) is 15.8 Å². The summed E-state index contributed by atoms with van der Waals surface area (Å²) in [5.74, 6) is 0. The molecule has 0 aliphatic carbocycles. The van der Waals surface area contributed by atoms with Crippen LogP contribution in [0.15, 0.2) is 137 Å². The maximum atomic E-state index is 2.59. The lowest BCUT2D eigenvalue weighted by atomic mass is 9.35. The van der Waals surface area contributed by atoms with Gasteiger partial charge in [-0.3, -0.25) is 0 Å². The minimum atomic E-state index is 0.241. The predicted octanol–water partition coefficient (Wildman–Crippen LogP) is 7.18. The third-order valence-corrected chi connectivity index (χ3v) is 10.1. The topological polar surface area (TPSA) is 9.86 Å². The summed E-state index contributed by atoms with van der Waals surface area (Å²) in [6.07, 6.45) is 0. The first-order valence-corrected chi connectivity index (χ1v) is 14.6. The van der Waals surface area contributed by atoms with Crippen LogP contribution in [0.3, 0.4) is 0 Å². The van der Waals surface area contributed by atoms with E-state index >= 15 is 0 Å². The van der Waals surface area contributed by atoms with E-state index in [4.69, 9.17) is 0 Å². The Kier molecular flexibility index (Phi) is 3.97. The Morgan fingerprint density at radius 1 is 0.475 bits per heavy atom. The van der Waals surface area contributed by atoms with Crippen molar-refractivity contribution in [1.82, 2.24) is 9.13 Å². The molecule has 0 saturated carbocycles. The van der Waals surface area contributed by atoms with Gasteiger partial charge in [0, 0.05) is 42.7 Å². The fourth-order valence-electron chi connectivity index (χ4n) is 7.46. The summed E-state index contributed by atoms with van der Waals surface area (Å²) < 4.78 is 5.02. The molecule has 2 aromatic heterocycles. The highest BCUT2D eigenvalue weighted by molar-refractivity contribution is 8.00. The highest BCUT2D eigenvalue weighted by Gasteiger charge is 2.39. The lowest BCUT2D eigenvalue weighted by Crippen LogP contribution is -2.58. The van der Waals surface area contributed by atoms with Crippen molar-refractivity contribution >= 4 is 78.5 Å². The number of aromatic nitrogens is 2. The second-order valence-electron chi connectivity index (χ2n) is 10.9. The number of nitrogens with zero attached hydrogens (tertiary/aromatic N) is 2. The van der Waals surface area contributed by atoms with Gasteiger partial charge in [-0.1, -0.05) is 102 Å². The van der Waals surface area contributed by atoms with Crippen LogP contribution in [0.2, 0.25) is 0 Å². The fraction of sp³-hybridized carbons (Fsp3) is 0. The molecule has 4 heteroatoms. The van der Waals surface area contributed by atoms with E-state index < -0.39 is 0 Å². The molecule has 0 amide bonds. The molecule has 40 heavy (non-hydrogen) atoms. The summed E-state index contributed by atoms with van der Waals surface area (Å²) in [6.45, 7) is 0.241. The van der Waals surface area contributed by atoms with Crippen LogP contribution < -0.4 is 16.4 Å². The lowest BCUT2D eigenvalue weighted by Gasteiger charge is -2.32. The number of hydrogen-bond acceptors (Lipinski definition) is 1. The monoisotopic (exact) mass is 524 g/mol. The van der Waals surface area contributed by atoms with E-state index in [0.29, 0.717) is 0 Å². The standard InChI is InChI=1S/C36H21BN2S/c1-2-10-22(11-3-1)38-28-15-7-4-12-25(28)33-30(38)20-18-23-24-19-21-32-34-36(24)39(35(23)33)29-16-8-5-13-26(29)37(34)27-14-6-9-17-31(27)40-32/h1-21H. The van der Waals surface area contributed by atoms with Crippen molar-refractivity contribution in [1.29, 1.82) is 0 Å². The second kappa shape index (κ2) is 7.50. The zero-order chi connectivity index (χ0) is 25.9. The third-order valence-electron chi connectivity index (χ3n) is 8.97. The first-order valence-electron chi connectivity index (χ1n) is 13.8. The maximum absolute atomic E-state index is 2.59. The van der Waals surface area contributed by atoms with Gasteiger partial charge in [-0.2, -0.15) is 0 Å². The molecule has 0 N–H and O–H groups in total. The maximum Gasteiger partial charge on any atom is 0.249 e. The predicted molar refractivity (Wildman–Crippen MR) is 170 cm³/mol. The number of benzene rings is 6. The van der Waals surface area contributed by atoms with Crippen LogP contribution >= 0.6 is 11.8 Å². The van der Waals surface area contributed by atoms with Gasteiger partial charge >= 0.3 is 0 Å². The van der Waals surface area contributed by atoms with Gasteiger partial charge in [0.1, 0.15) is 0 Å². The Bertz CT molecular complexity index is 2360. The normalized spacial score (nSPS) is 13.3. The second-order valence-corrected chi connectivity index (χ2v) is 12.0. The van der Waals surface area contributed by atoms with Gasteiger partial charge in [-0.05, 0) is 53.4 Å². The smallest absolute Gasteiger partial charge is 0.249 e. The first-order chi connectivity index (χ1) is 19.9. The minimum absolute atomic E-state index is 0.241. The molecule has 6 aromatic carbocycles. The summed E-state index contributed by atoms with van der Waals surface area (Å²) in [4.78, 5) is 2.74. The quantitative estimate of drug-likeness (QED) is 0.207. The Balaban J connectivity index is 1.46. The largest absolute Gasteiger partial charge is 0.310 e. The van der Waals surface area contributed by atoms with Gasteiger partial charge < -0.3 is 9.13 Å². The van der Waals surface area contributed by atoms with Gasteiger partial charge in [0.05, 0.1) is 22.1 Å². The molecule has 0 bridgehead atoms. The zero-order valence-corrected chi connectivity index (χ0v) is 22.3. The molecular formula is C36H21BN2S. The van der Waals surface area contributed by atoms with E-state index in [2.05, 4.69) is 137 Å². The third kappa shape index (κ3) is 2.49. The average molecular weight is 524 g/mol. The van der Waals surface area contributed by atoms with E-state index in [1.807, 2.05) is 11.8 Å². The molecule has 0 fully saturated rings. The molecule has 2 aliphatic heterocycles. The summed E-state index contributed by atoms with van der Waals surface area (Å²) >= 11 is 1.92. The molecule has 2 nitrogen and oxygen atoms in total. The van der Waals surface area contributed by atoms with Gasteiger partial charge in [-0.25, -0.2) is 0 Å². The van der Waals surface area contributed by atoms with Crippen LogP contribution in [-0.2, 0) is 0 Å². The molecule has 2 aliphatic rings. The van der Waals surface area contributed by atoms with Crippen molar-refractivity contribution in [3.63, 3.8) is 0 Å². The lowest BCUT2D eigenvalue weighted by molar-refractivity contribution is 1.17. The van der Waals surface area contributed by atoms with Crippen LogP contribution in [0, 0.1) is 0 Å². The van der Waals surface area contributed by atoms with Crippen LogP contribution in [0.25, 0.3) is 55.0 Å². The number of hydrogen-bond donors (Lipinski definition) is 0. The summed E-state index contributed by atoms with van der Waals surface area (Å²) in [5.41, 5.74) is 11.9. The van der Waals surface area contributed by atoms with E-state index in [9.17, 15) is 0 Å². The Morgan fingerprint density at radius 3 is 2.12 bits per heavy atom. The van der Waals surface area contributed by atoms with E-state index in [1.165, 1.54) is 81.2 Å². The SMILES string of the molecule is c1ccc(-n2c3ccccc3c3c2ccc2c4ccc5c6c4n(c23)-c2ccccc2B6c2ccccc2S5)cc1. The Morgan fingerprint density at radius 2 is 1.20 bits per heavy atom. The van der Waals surface area contributed by atoms with Crippen molar-refractivity contribution in [2.24, 2.45) is 0 Å². The summed E-state index contributed by atoms with van der Waals surface area (Å²) in [5, 5.41) is 5.27. The number of fused-ring (bicyclic) bond motifs is 12. The van der Waals surface area contributed by atoms with Crippen LogP contribution in [0.4, 0.5) is 0 Å². The average Bonchev–Trinajstić information content (AvgIpc) is 3.54. The molecule has 0 atom stereocenters. The van der Waals surface area contributed by atoms with E-state index in [1.54, 1.807) is 0 Å². The van der Waals surface area contributed by atoms with Crippen molar-refractivity contribution in [2.75, 3.05) is 0 Å². The molecule has 0 radical (unpaired) electrons. The molecule has 0 spiro atoms. The highest BCUT2D eigenvalue weighted by atomic mass is 32.2. The van der Waals surface area contributed by atoms with Crippen molar-refractivity contribution in [2.45, 2.75) is 9.79 Å². The molecule has 184 valence electrons. The molecule has 4 heterocycles. The first kappa shape index (κ1) is 21.2. The van der Waals surface area contributed by atoms with Gasteiger partial charge in [0.2, 0.25) is 6.71 Å². The van der Waals surface area contributed by atoms with Gasteiger partial charge in [-0.15, -0.1) is 0 Å². The van der Waals surface area contributed by atoms with Crippen LogP contribution in [0.5, 0.6) is 0 Å². The van der Waals surface area contributed by atoms with Crippen LogP contribution in [0.1, 0.15) is 0 Å². The molecule has 0 saturated heterocycles. The Hall–Kier alpha value is -4.67. The van der Waals surface area contributed by atoms with Gasteiger partial charge in [0.25, 0.3) is 0 Å². The van der Waals surface area contributed by atoms with Crippen molar-refractivity contribution in [3.8, 4) is 11.4 Å². The summed E-state index contributed by atoms with van der Waals surface area (Å²) in [6, 6.07) is 47.1. The summed E-state index contributed by atoms with van der Waals surface area (Å²) in [7, 11) is 0. The molecule has 0 unspecified atom stereocenters. The zero-order valence-electron chi connectivity index (χ0n) is 21.5. The van der Waals surface area contributed by atoms with Crippen molar-refractivity contribution < 1.29 is 0 Å². The number of para-hydroxylation sites is 3. The minimum Gasteiger partial charge on any atom is -0.310 e. The highest BCUT2D eigenvalue weighted by Crippen LogP contribution is 2.44. The van der Waals surface area contributed by atoms with Crippen molar-refractivity contribution in [3.05, 3.63) is 127 Å². The van der Waals surface area contributed by atoms with Gasteiger partial charge in [0.15, 0.2) is 0 Å². The molecule has 8 aromatic rings.